The largest absolute Gasteiger partial charge is 0.444 e. The van der Waals surface area contributed by atoms with Crippen LogP contribution in [0.25, 0.3) is 5.69 Å². The first-order valence-electron chi connectivity index (χ1n) is 8.47. The molecule has 8 nitrogen and oxygen atoms in total. The Balaban J connectivity index is 2.43. The van der Waals surface area contributed by atoms with E-state index < -0.39 is 40.6 Å². The van der Waals surface area contributed by atoms with E-state index in [1.165, 1.54) is 0 Å². The van der Waals surface area contributed by atoms with Crippen molar-refractivity contribution in [3.8, 4) is 5.69 Å². The zero-order chi connectivity index (χ0) is 23.5. The number of nitrogens with zero attached hydrogens (tertiary/aromatic N) is 2. The summed E-state index contributed by atoms with van der Waals surface area (Å²) in [7, 11) is 0.796. The topological polar surface area (TPSA) is 94.4 Å². The molecule has 1 aromatic carbocycles. The van der Waals surface area contributed by atoms with Gasteiger partial charge < -0.3 is 15.4 Å². The lowest BCUT2D eigenvalue weighted by Crippen LogP contribution is -2.41. The van der Waals surface area contributed by atoms with Gasteiger partial charge in [0.05, 0.1) is 16.4 Å². The van der Waals surface area contributed by atoms with Crippen LogP contribution in [0, 0.1) is 5.82 Å². The summed E-state index contributed by atoms with van der Waals surface area (Å²) in [6.07, 6.45) is -4.82. The van der Waals surface area contributed by atoms with E-state index in [0.717, 1.165) is 19.2 Å². The average molecular weight is 483 g/mol. The molecule has 0 amide bonds. The molecule has 0 aliphatic heterocycles. The third-order valence-electron chi connectivity index (χ3n) is 3.89. The average Bonchev–Trinajstić information content (AvgIpc) is 2.67. The molecule has 1 aromatic heterocycles. The molecule has 0 spiro atoms. The maximum Gasteiger partial charge on any atom is 0.431 e. The van der Waals surface area contributed by atoms with E-state index in [1.54, 1.807) is 6.92 Å². The number of hydrogen-bond acceptors (Lipinski definition) is 5. The van der Waals surface area contributed by atoms with Crippen molar-refractivity contribution in [1.29, 1.82) is 0 Å². The number of alkyl halides is 3. The van der Waals surface area contributed by atoms with E-state index in [2.05, 4.69) is 10.6 Å². The summed E-state index contributed by atoms with van der Waals surface area (Å²) in [6.45, 7) is 1.31. The minimum atomic E-state index is -4.96. The highest BCUT2D eigenvalue weighted by molar-refractivity contribution is 7.80. The summed E-state index contributed by atoms with van der Waals surface area (Å²) in [5.41, 5.74) is -5.01. The van der Waals surface area contributed by atoms with Gasteiger partial charge >= 0.3 is 17.8 Å². The Labute approximate surface area is 182 Å². The molecule has 0 bridgehead atoms. The van der Waals surface area contributed by atoms with E-state index >= 15 is 0 Å². The smallest absolute Gasteiger partial charge is 0.431 e. The van der Waals surface area contributed by atoms with Crippen LogP contribution in [0.4, 0.5) is 23.2 Å². The number of esters is 1. The van der Waals surface area contributed by atoms with Crippen LogP contribution in [0.1, 0.15) is 19.0 Å². The maximum atomic E-state index is 14.5. The van der Waals surface area contributed by atoms with Gasteiger partial charge in [-0.15, -0.1) is 0 Å². The molecule has 31 heavy (non-hydrogen) atoms. The molecular weight excluding hydrogens is 468 g/mol. The molecule has 0 saturated carbocycles. The number of carbonyl (C=O) groups excluding carboxylic acids is 1. The van der Waals surface area contributed by atoms with E-state index in [-0.39, 0.29) is 44.2 Å². The van der Waals surface area contributed by atoms with E-state index in [4.69, 9.17) is 28.6 Å². The third kappa shape index (κ3) is 5.61. The van der Waals surface area contributed by atoms with Gasteiger partial charge in [-0.25, -0.2) is 13.8 Å². The Morgan fingerprint density at radius 3 is 2.48 bits per heavy atom. The van der Waals surface area contributed by atoms with Gasteiger partial charge in [-0.2, -0.15) is 13.2 Å². The highest BCUT2D eigenvalue weighted by Gasteiger charge is 2.35. The van der Waals surface area contributed by atoms with Crippen LogP contribution in [0.2, 0.25) is 5.02 Å². The number of anilines is 1. The van der Waals surface area contributed by atoms with Crippen molar-refractivity contribution in [2.75, 3.05) is 12.0 Å². The fourth-order valence-electron chi connectivity index (χ4n) is 2.37. The van der Waals surface area contributed by atoms with E-state index in [9.17, 15) is 31.9 Å². The molecular formula is C17H15ClF4N4O4S. The summed E-state index contributed by atoms with van der Waals surface area (Å²) >= 11 is 10.9. The summed E-state index contributed by atoms with van der Waals surface area (Å²) in [6, 6.07) is 1.86. The lowest BCUT2D eigenvalue weighted by molar-refractivity contribution is -0.144. The van der Waals surface area contributed by atoms with Crippen LogP contribution >= 0.6 is 23.8 Å². The minimum absolute atomic E-state index is 0.0637. The zero-order valence-electron chi connectivity index (χ0n) is 16.0. The second-order valence-electron chi connectivity index (χ2n) is 5.97. The van der Waals surface area contributed by atoms with Crippen molar-refractivity contribution in [3.05, 3.63) is 55.6 Å². The first-order chi connectivity index (χ1) is 14.4. The Kier molecular flexibility index (Phi) is 7.44. The number of hydrogen-bond donors (Lipinski definition) is 2. The molecule has 168 valence electrons. The summed E-state index contributed by atoms with van der Waals surface area (Å²) in [5, 5.41) is 4.77. The predicted molar refractivity (Wildman–Crippen MR) is 108 cm³/mol. The highest BCUT2D eigenvalue weighted by Crippen LogP contribution is 2.29. The predicted octanol–water partition coefficient (Wildman–Crippen LogP) is 2.54. The van der Waals surface area contributed by atoms with Gasteiger partial charge in [0.15, 0.2) is 11.8 Å². The fourth-order valence-corrected chi connectivity index (χ4v) is 2.74. The number of nitrogens with one attached hydrogen (secondary N) is 2. The lowest BCUT2D eigenvalue weighted by atomic mass is 10.2. The standard InChI is InChI=1S/C17H15ClF4N4O4S/c1-3-14(28)30-7-23-15(31)24-10-5-11(9(19)4-8(10)18)26-13(27)6-12(17(20,21)22)25(2)16(26)29/h4-6H,3,7H2,1-2H3,(H2,23,24,31). The molecule has 0 radical (unpaired) electrons. The molecule has 1 heterocycles. The normalized spacial score (nSPS) is 11.2. The lowest BCUT2D eigenvalue weighted by Gasteiger charge is -2.16. The number of aromatic nitrogens is 2. The van der Waals surface area contributed by atoms with Crippen molar-refractivity contribution in [1.82, 2.24) is 14.5 Å². The zero-order valence-corrected chi connectivity index (χ0v) is 17.5. The van der Waals surface area contributed by atoms with Gasteiger partial charge in [0.1, 0.15) is 11.5 Å². The fraction of sp³-hybridized carbons (Fsp3) is 0.294. The molecule has 0 aliphatic carbocycles. The Bertz CT molecular complexity index is 1150. The van der Waals surface area contributed by atoms with Crippen LogP contribution in [0.5, 0.6) is 0 Å². The molecule has 14 heteroatoms. The number of halogens is 5. The summed E-state index contributed by atoms with van der Waals surface area (Å²) < 4.78 is 58.6. The Morgan fingerprint density at radius 2 is 1.90 bits per heavy atom. The molecule has 2 N–H and O–H groups in total. The van der Waals surface area contributed by atoms with Gasteiger partial charge in [-0.05, 0) is 24.4 Å². The monoisotopic (exact) mass is 482 g/mol. The third-order valence-corrected chi connectivity index (χ3v) is 4.45. The molecule has 2 rings (SSSR count). The number of benzene rings is 1. The van der Waals surface area contributed by atoms with Crippen molar-refractivity contribution in [3.63, 3.8) is 0 Å². The second kappa shape index (κ2) is 9.47. The molecule has 2 aromatic rings. The maximum absolute atomic E-state index is 14.5. The van der Waals surface area contributed by atoms with Crippen LogP contribution < -0.4 is 21.9 Å². The van der Waals surface area contributed by atoms with Gasteiger partial charge in [0.25, 0.3) is 5.56 Å². The van der Waals surface area contributed by atoms with Gasteiger partial charge in [-0.1, -0.05) is 18.5 Å². The number of carbonyl (C=O) groups is 1. The SMILES string of the molecule is CCC(=O)OCNC(=S)Nc1cc(-n2c(=O)cc(C(F)(F)F)n(C)c2=O)c(F)cc1Cl. The first kappa shape index (κ1) is 24.3. The van der Waals surface area contributed by atoms with Crippen LogP contribution in [-0.2, 0) is 22.8 Å². The van der Waals surface area contributed by atoms with Crippen LogP contribution in [-0.4, -0.2) is 26.9 Å². The molecule has 0 aliphatic rings. The Morgan fingerprint density at radius 1 is 1.26 bits per heavy atom. The Hall–Kier alpha value is -2.93. The van der Waals surface area contributed by atoms with Gasteiger partial charge in [-0.3, -0.25) is 14.2 Å². The molecule has 0 atom stereocenters. The number of thiocarbonyl (C=S) groups is 1. The number of ether oxygens (including phenoxy) is 1. The van der Waals surface area contributed by atoms with Gasteiger partial charge in [0.2, 0.25) is 0 Å². The summed E-state index contributed by atoms with van der Waals surface area (Å²) in [4.78, 5) is 35.7. The van der Waals surface area contributed by atoms with Crippen LogP contribution in [0.15, 0.2) is 27.8 Å². The second-order valence-corrected chi connectivity index (χ2v) is 6.79. The highest BCUT2D eigenvalue weighted by atomic mass is 35.5. The first-order valence-corrected chi connectivity index (χ1v) is 9.25. The molecule has 0 fully saturated rings. The van der Waals surface area contributed by atoms with Crippen molar-refractivity contribution < 1.29 is 27.1 Å². The van der Waals surface area contributed by atoms with Crippen molar-refractivity contribution in [2.24, 2.45) is 7.05 Å². The van der Waals surface area contributed by atoms with Crippen molar-refractivity contribution >= 4 is 40.6 Å². The summed E-state index contributed by atoms with van der Waals surface area (Å²) in [5.74, 6) is -1.62. The van der Waals surface area contributed by atoms with Crippen molar-refractivity contribution in [2.45, 2.75) is 19.5 Å². The van der Waals surface area contributed by atoms with E-state index in [0.29, 0.717) is 0 Å². The van der Waals surface area contributed by atoms with Gasteiger partial charge in [0, 0.05) is 19.5 Å². The molecule has 0 saturated heterocycles. The molecule has 0 unspecified atom stereocenters. The van der Waals surface area contributed by atoms with E-state index in [1.807, 2.05) is 0 Å². The quantitative estimate of drug-likeness (QED) is 0.293. The van der Waals surface area contributed by atoms with Crippen LogP contribution in [0.3, 0.4) is 0 Å². The number of rotatable bonds is 5. The minimum Gasteiger partial charge on any atom is -0.444 e.